The highest BCUT2D eigenvalue weighted by molar-refractivity contribution is 7.92. The fourth-order valence-electron chi connectivity index (χ4n) is 2.00. The minimum atomic E-state index is -3.47. The zero-order valence-electron chi connectivity index (χ0n) is 15.4. The molecule has 1 heterocycles. The van der Waals surface area contributed by atoms with Crippen molar-refractivity contribution in [3.63, 3.8) is 0 Å². The second-order valence-electron chi connectivity index (χ2n) is 6.91. The number of hydrogen-bond donors (Lipinski definition) is 2. The Morgan fingerprint density at radius 2 is 1.93 bits per heavy atom. The minimum absolute atomic E-state index is 0.103. The van der Waals surface area contributed by atoms with Crippen molar-refractivity contribution in [2.24, 2.45) is 0 Å². The molecule has 0 radical (unpaired) electrons. The van der Waals surface area contributed by atoms with Gasteiger partial charge in [-0.2, -0.15) is 0 Å². The highest BCUT2D eigenvalue weighted by Crippen LogP contribution is 2.23. The van der Waals surface area contributed by atoms with Crippen LogP contribution in [0.4, 0.5) is 11.6 Å². The van der Waals surface area contributed by atoms with Gasteiger partial charge in [-0.15, -0.1) is 0 Å². The summed E-state index contributed by atoms with van der Waals surface area (Å²) in [7, 11) is -3.47. The number of sulfonamides is 1. The number of rotatable bonds is 6. The SMILES string of the molecule is CC(C)(C)c1cc(NC(=O)COC(=O)c2cccc(NS(C)(=O)=O)c2)on1. The molecule has 0 saturated carbocycles. The summed E-state index contributed by atoms with van der Waals surface area (Å²) < 4.78 is 34.7. The van der Waals surface area contributed by atoms with Crippen LogP contribution in [0.2, 0.25) is 0 Å². The van der Waals surface area contributed by atoms with Crippen molar-refractivity contribution in [1.29, 1.82) is 0 Å². The van der Waals surface area contributed by atoms with E-state index < -0.39 is 28.5 Å². The lowest BCUT2D eigenvalue weighted by atomic mass is 9.92. The van der Waals surface area contributed by atoms with E-state index >= 15 is 0 Å². The largest absolute Gasteiger partial charge is 0.452 e. The number of amides is 1. The molecule has 0 aliphatic carbocycles. The third-order valence-electron chi connectivity index (χ3n) is 3.28. The van der Waals surface area contributed by atoms with E-state index in [0.717, 1.165) is 6.26 Å². The summed E-state index contributed by atoms with van der Waals surface area (Å²) in [4.78, 5) is 23.9. The molecule has 0 saturated heterocycles. The molecular weight excluding hydrogens is 374 g/mol. The number of nitrogens with zero attached hydrogens (tertiary/aromatic N) is 1. The van der Waals surface area contributed by atoms with E-state index in [1.165, 1.54) is 24.3 Å². The molecule has 0 bridgehead atoms. The highest BCUT2D eigenvalue weighted by Gasteiger charge is 2.20. The first-order chi connectivity index (χ1) is 12.4. The maximum absolute atomic E-state index is 12.0. The highest BCUT2D eigenvalue weighted by atomic mass is 32.2. The number of hydrogen-bond acceptors (Lipinski definition) is 7. The van der Waals surface area contributed by atoms with E-state index in [1.807, 2.05) is 20.8 Å². The summed E-state index contributed by atoms with van der Waals surface area (Å²) in [5.41, 5.74) is 0.758. The Kier molecular flexibility index (Phi) is 5.89. The number of aromatic nitrogens is 1. The van der Waals surface area contributed by atoms with Gasteiger partial charge in [0.15, 0.2) is 6.61 Å². The second-order valence-corrected chi connectivity index (χ2v) is 8.65. The second kappa shape index (κ2) is 7.78. The van der Waals surface area contributed by atoms with E-state index in [1.54, 1.807) is 6.07 Å². The molecule has 0 unspecified atom stereocenters. The van der Waals surface area contributed by atoms with Crippen LogP contribution < -0.4 is 10.0 Å². The smallest absolute Gasteiger partial charge is 0.338 e. The van der Waals surface area contributed by atoms with Crippen LogP contribution in [0.3, 0.4) is 0 Å². The van der Waals surface area contributed by atoms with Gasteiger partial charge in [-0.3, -0.25) is 14.8 Å². The number of carbonyl (C=O) groups is 2. The van der Waals surface area contributed by atoms with Crippen LogP contribution in [-0.4, -0.2) is 38.3 Å². The molecule has 0 aliphatic heterocycles. The van der Waals surface area contributed by atoms with Gasteiger partial charge in [0.05, 0.1) is 17.5 Å². The summed E-state index contributed by atoms with van der Waals surface area (Å²) in [6, 6.07) is 7.33. The van der Waals surface area contributed by atoms with Gasteiger partial charge in [0, 0.05) is 17.2 Å². The fourth-order valence-corrected chi connectivity index (χ4v) is 2.55. The predicted molar refractivity (Wildman–Crippen MR) is 99.0 cm³/mol. The molecule has 0 aliphatic rings. The number of nitrogens with one attached hydrogen (secondary N) is 2. The van der Waals surface area contributed by atoms with Gasteiger partial charge in [-0.05, 0) is 18.2 Å². The lowest BCUT2D eigenvalue weighted by molar-refractivity contribution is -0.119. The summed E-state index contributed by atoms with van der Waals surface area (Å²) in [6.45, 7) is 5.31. The van der Waals surface area contributed by atoms with Crippen LogP contribution in [0.5, 0.6) is 0 Å². The molecule has 0 atom stereocenters. The third-order valence-corrected chi connectivity index (χ3v) is 3.88. The molecule has 2 N–H and O–H groups in total. The monoisotopic (exact) mass is 395 g/mol. The Balaban J connectivity index is 1.92. The normalized spacial score (nSPS) is 11.7. The molecule has 10 heteroatoms. The molecule has 1 amide bonds. The lowest BCUT2D eigenvalue weighted by Crippen LogP contribution is -2.21. The van der Waals surface area contributed by atoms with Crippen LogP contribution in [0.1, 0.15) is 36.8 Å². The van der Waals surface area contributed by atoms with Gasteiger partial charge in [0.1, 0.15) is 0 Å². The Hall–Kier alpha value is -2.88. The Morgan fingerprint density at radius 3 is 2.52 bits per heavy atom. The first kappa shape index (κ1) is 20.4. The quantitative estimate of drug-likeness (QED) is 0.717. The van der Waals surface area contributed by atoms with Crippen molar-refractivity contribution < 1.29 is 27.3 Å². The molecule has 2 aromatic rings. The molecule has 146 valence electrons. The van der Waals surface area contributed by atoms with Crippen LogP contribution >= 0.6 is 0 Å². The average molecular weight is 395 g/mol. The summed E-state index contributed by atoms with van der Waals surface area (Å²) in [6.07, 6.45) is 0.997. The van der Waals surface area contributed by atoms with Crippen molar-refractivity contribution in [2.75, 3.05) is 22.9 Å². The van der Waals surface area contributed by atoms with Crippen LogP contribution in [-0.2, 0) is 25.0 Å². The van der Waals surface area contributed by atoms with Crippen molar-refractivity contribution in [2.45, 2.75) is 26.2 Å². The molecule has 0 fully saturated rings. The molecule has 27 heavy (non-hydrogen) atoms. The number of ether oxygens (including phenoxy) is 1. The topological polar surface area (TPSA) is 128 Å². The van der Waals surface area contributed by atoms with Crippen LogP contribution in [0.25, 0.3) is 0 Å². The van der Waals surface area contributed by atoms with Crippen molar-refractivity contribution in [3.8, 4) is 0 Å². The zero-order valence-corrected chi connectivity index (χ0v) is 16.2. The van der Waals surface area contributed by atoms with Gasteiger partial charge in [-0.25, -0.2) is 13.2 Å². The number of carbonyl (C=O) groups excluding carboxylic acids is 2. The van der Waals surface area contributed by atoms with E-state index in [4.69, 9.17) is 9.26 Å². The molecule has 1 aromatic heterocycles. The zero-order chi connectivity index (χ0) is 20.2. The summed E-state index contributed by atoms with van der Waals surface area (Å²) >= 11 is 0. The lowest BCUT2D eigenvalue weighted by Gasteiger charge is -2.12. The van der Waals surface area contributed by atoms with E-state index in [-0.39, 0.29) is 22.6 Å². The maximum atomic E-state index is 12.0. The first-order valence-electron chi connectivity index (χ1n) is 7.96. The average Bonchev–Trinajstić information content (AvgIpc) is 3.00. The van der Waals surface area contributed by atoms with Gasteiger partial charge in [0.2, 0.25) is 15.9 Å². The molecule has 0 spiro atoms. The van der Waals surface area contributed by atoms with E-state index in [0.29, 0.717) is 5.69 Å². The number of anilines is 2. The number of benzene rings is 1. The molecule has 1 aromatic carbocycles. The van der Waals surface area contributed by atoms with Crippen molar-refractivity contribution in [3.05, 3.63) is 41.6 Å². The Labute approximate surface area is 157 Å². The van der Waals surface area contributed by atoms with E-state index in [9.17, 15) is 18.0 Å². The van der Waals surface area contributed by atoms with E-state index in [2.05, 4.69) is 15.2 Å². The number of esters is 1. The maximum Gasteiger partial charge on any atom is 0.338 e. The van der Waals surface area contributed by atoms with Crippen LogP contribution in [0.15, 0.2) is 34.9 Å². The molecule has 2 rings (SSSR count). The van der Waals surface area contributed by atoms with Gasteiger partial charge >= 0.3 is 5.97 Å². The Morgan fingerprint density at radius 1 is 1.22 bits per heavy atom. The van der Waals surface area contributed by atoms with Gasteiger partial charge < -0.3 is 9.26 Å². The van der Waals surface area contributed by atoms with Gasteiger partial charge in [-0.1, -0.05) is 32.0 Å². The van der Waals surface area contributed by atoms with Crippen LogP contribution in [0, 0.1) is 0 Å². The standard InChI is InChI=1S/C17H21N3O6S/c1-17(2,3)13-9-15(26-19-13)18-14(21)10-25-16(22)11-6-5-7-12(8-11)20-27(4,23)24/h5-9,20H,10H2,1-4H3,(H,18,21). The molecule has 9 nitrogen and oxygen atoms in total. The summed E-state index contributed by atoms with van der Waals surface area (Å²) in [5.74, 6) is -1.21. The first-order valence-corrected chi connectivity index (χ1v) is 9.85. The third kappa shape index (κ3) is 6.41. The van der Waals surface area contributed by atoms with Crippen molar-refractivity contribution >= 4 is 33.5 Å². The minimum Gasteiger partial charge on any atom is -0.452 e. The summed E-state index contributed by atoms with van der Waals surface area (Å²) in [5, 5.41) is 6.32. The Bertz CT molecular complexity index is 944. The van der Waals surface area contributed by atoms with Gasteiger partial charge in [0.25, 0.3) is 5.91 Å². The fraction of sp³-hybridized carbons (Fsp3) is 0.353. The molecular formula is C17H21N3O6S. The predicted octanol–water partition coefficient (Wildman–Crippen LogP) is 2.14. The van der Waals surface area contributed by atoms with Crippen molar-refractivity contribution in [1.82, 2.24) is 5.16 Å².